The van der Waals surface area contributed by atoms with Gasteiger partial charge in [-0.25, -0.2) is 0 Å². The van der Waals surface area contributed by atoms with Gasteiger partial charge in [-0.15, -0.1) is 0 Å². The maximum Gasteiger partial charge on any atom is 0.0501 e. The maximum atomic E-state index is 9.50. The van der Waals surface area contributed by atoms with Crippen LogP contribution in [-0.2, 0) is 6.42 Å². The van der Waals surface area contributed by atoms with Gasteiger partial charge in [0.15, 0.2) is 0 Å². The molecule has 0 amide bonds. The van der Waals surface area contributed by atoms with Gasteiger partial charge in [-0.1, -0.05) is 44.2 Å². The van der Waals surface area contributed by atoms with Crippen LogP contribution in [-0.4, -0.2) is 18.3 Å². The lowest BCUT2D eigenvalue weighted by Gasteiger charge is -2.26. The van der Waals surface area contributed by atoms with Crippen molar-refractivity contribution in [3.63, 3.8) is 0 Å². The SMILES string of the molecule is CCC(C)(CO)CNc1ccc2c(c1)Cc1ccccc1-2. The van der Waals surface area contributed by atoms with Gasteiger partial charge in [0.05, 0.1) is 6.61 Å². The van der Waals surface area contributed by atoms with Crippen LogP contribution in [0, 0.1) is 5.41 Å². The molecule has 2 aromatic carbocycles. The van der Waals surface area contributed by atoms with Gasteiger partial charge in [0, 0.05) is 17.6 Å². The van der Waals surface area contributed by atoms with Crippen molar-refractivity contribution >= 4 is 5.69 Å². The maximum absolute atomic E-state index is 9.50. The molecular formula is C19H23NO. The molecule has 1 aliphatic carbocycles. The van der Waals surface area contributed by atoms with Crippen LogP contribution in [0.25, 0.3) is 11.1 Å². The average Bonchev–Trinajstić information content (AvgIpc) is 2.90. The summed E-state index contributed by atoms with van der Waals surface area (Å²) in [6.45, 7) is 5.25. The van der Waals surface area contributed by atoms with E-state index in [2.05, 4.69) is 61.6 Å². The number of anilines is 1. The second kappa shape index (κ2) is 5.53. The highest BCUT2D eigenvalue weighted by atomic mass is 16.3. The second-order valence-corrected chi connectivity index (χ2v) is 6.38. The summed E-state index contributed by atoms with van der Waals surface area (Å²) < 4.78 is 0. The highest BCUT2D eigenvalue weighted by Gasteiger charge is 2.21. The first-order valence-electron chi connectivity index (χ1n) is 7.71. The van der Waals surface area contributed by atoms with Gasteiger partial charge in [-0.2, -0.15) is 0 Å². The Morgan fingerprint density at radius 3 is 2.62 bits per heavy atom. The van der Waals surface area contributed by atoms with E-state index >= 15 is 0 Å². The van der Waals surface area contributed by atoms with Crippen molar-refractivity contribution in [1.29, 1.82) is 0 Å². The van der Waals surface area contributed by atoms with Crippen LogP contribution in [0.1, 0.15) is 31.4 Å². The molecular weight excluding hydrogens is 258 g/mol. The number of aliphatic hydroxyl groups is 1. The molecule has 1 aliphatic rings. The van der Waals surface area contributed by atoms with E-state index < -0.39 is 0 Å². The lowest BCUT2D eigenvalue weighted by atomic mass is 9.88. The summed E-state index contributed by atoms with van der Waals surface area (Å²) in [5, 5.41) is 13.0. The van der Waals surface area contributed by atoms with Crippen molar-refractivity contribution in [1.82, 2.24) is 0 Å². The molecule has 0 saturated heterocycles. The molecule has 110 valence electrons. The van der Waals surface area contributed by atoms with Crippen LogP contribution in [0.5, 0.6) is 0 Å². The summed E-state index contributed by atoms with van der Waals surface area (Å²) in [6, 6.07) is 15.2. The second-order valence-electron chi connectivity index (χ2n) is 6.38. The smallest absolute Gasteiger partial charge is 0.0501 e. The molecule has 2 heteroatoms. The quantitative estimate of drug-likeness (QED) is 0.738. The van der Waals surface area contributed by atoms with Crippen LogP contribution >= 0.6 is 0 Å². The van der Waals surface area contributed by atoms with Crippen molar-refractivity contribution < 1.29 is 5.11 Å². The Morgan fingerprint density at radius 1 is 1.10 bits per heavy atom. The number of hydrogen-bond donors (Lipinski definition) is 2. The molecule has 0 radical (unpaired) electrons. The Balaban J connectivity index is 1.78. The third kappa shape index (κ3) is 2.68. The Kier molecular flexibility index (Phi) is 3.73. The van der Waals surface area contributed by atoms with E-state index in [1.54, 1.807) is 0 Å². The number of fused-ring (bicyclic) bond motifs is 3. The van der Waals surface area contributed by atoms with Crippen LogP contribution in [0.15, 0.2) is 42.5 Å². The summed E-state index contributed by atoms with van der Waals surface area (Å²) in [4.78, 5) is 0. The number of nitrogens with one attached hydrogen (secondary N) is 1. The highest BCUT2D eigenvalue weighted by molar-refractivity contribution is 5.78. The predicted molar refractivity (Wildman–Crippen MR) is 88.7 cm³/mol. The number of aliphatic hydroxyl groups excluding tert-OH is 1. The summed E-state index contributed by atoms with van der Waals surface area (Å²) >= 11 is 0. The zero-order valence-electron chi connectivity index (χ0n) is 12.8. The fraction of sp³-hybridized carbons (Fsp3) is 0.368. The van der Waals surface area contributed by atoms with Gasteiger partial charge in [0.2, 0.25) is 0 Å². The molecule has 3 rings (SSSR count). The van der Waals surface area contributed by atoms with E-state index in [-0.39, 0.29) is 12.0 Å². The molecule has 21 heavy (non-hydrogen) atoms. The fourth-order valence-electron chi connectivity index (χ4n) is 2.86. The molecule has 0 bridgehead atoms. The Hall–Kier alpha value is -1.80. The van der Waals surface area contributed by atoms with E-state index in [1.165, 1.54) is 22.3 Å². The molecule has 2 N–H and O–H groups in total. The molecule has 2 aromatic rings. The lowest BCUT2D eigenvalue weighted by molar-refractivity contribution is 0.149. The third-order valence-electron chi connectivity index (χ3n) is 4.75. The minimum absolute atomic E-state index is 0.0536. The van der Waals surface area contributed by atoms with Gasteiger partial charge >= 0.3 is 0 Å². The zero-order valence-corrected chi connectivity index (χ0v) is 12.8. The summed E-state index contributed by atoms with van der Waals surface area (Å²) in [5.74, 6) is 0. The fourth-order valence-corrected chi connectivity index (χ4v) is 2.86. The third-order valence-corrected chi connectivity index (χ3v) is 4.75. The monoisotopic (exact) mass is 281 g/mol. The largest absolute Gasteiger partial charge is 0.396 e. The van der Waals surface area contributed by atoms with Crippen molar-refractivity contribution in [2.24, 2.45) is 5.41 Å². The number of hydrogen-bond acceptors (Lipinski definition) is 2. The van der Waals surface area contributed by atoms with E-state index in [0.717, 1.165) is 25.1 Å². The molecule has 1 unspecified atom stereocenters. The van der Waals surface area contributed by atoms with Crippen molar-refractivity contribution in [2.75, 3.05) is 18.5 Å². The Labute approximate surface area is 126 Å². The van der Waals surface area contributed by atoms with Gasteiger partial charge < -0.3 is 10.4 Å². The molecule has 0 aromatic heterocycles. The van der Waals surface area contributed by atoms with E-state index in [1.807, 2.05) is 0 Å². The molecule has 0 spiro atoms. The molecule has 1 atom stereocenters. The normalized spacial score (nSPS) is 15.2. The zero-order chi connectivity index (χ0) is 14.9. The van der Waals surface area contributed by atoms with E-state index in [0.29, 0.717) is 0 Å². The van der Waals surface area contributed by atoms with Crippen molar-refractivity contribution in [3.8, 4) is 11.1 Å². The van der Waals surface area contributed by atoms with Crippen LogP contribution < -0.4 is 5.32 Å². The van der Waals surface area contributed by atoms with Crippen LogP contribution in [0.4, 0.5) is 5.69 Å². The van der Waals surface area contributed by atoms with E-state index in [4.69, 9.17) is 0 Å². The summed E-state index contributed by atoms with van der Waals surface area (Å²) in [7, 11) is 0. The summed E-state index contributed by atoms with van der Waals surface area (Å²) in [5.41, 5.74) is 6.63. The Morgan fingerprint density at radius 2 is 1.86 bits per heavy atom. The molecule has 0 fully saturated rings. The Bertz CT molecular complexity index is 644. The molecule has 0 heterocycles. The summed E-state index contributed by atoms with van der Waals surface area (Å²) in [6.07, 6.45) is 1.99. The first-order chi connectivity index (χ1) is 10.1. The minimum atomic E-state index is -0.0536. The lowest BCUT2D eigenvalue weighted by Crippen LogP contribution is -2.29. The highest BCUT2D eigenvalue weighted by Crippen LogP contribution is 2.37. The topological polar surface area (TPSA) is 32.3 Å². The van der Waals surface area contributed by atoms with E-state index in [9.17, 15) is 5.11 Å². The van der Waals surface area contributed by atoms with Crippen molar-refractivity contribution in [3.05, 3.63) is 53.6 Å². The first-order valence-corrected chi connectivity index (χ1v) is 7.71. The van der Waals surface area contributed by atoms with Gasteiger partial charge in [0.25, 0.3) is 0 Å². The van der Waals surface area contributed by atoms with Gasteiger partial charge in [0.1, 0.15) is 0 Å². The minimum Gasteiger partial charge on any atom is -0.396 e. The van der Waals surface area contributed by atoms with Crippen LogP contribution in [0.3, 0.4) is 0 Å². The molecule has 2 nitrogen and oxygen atoms in total. The number of rotatable bonds is 5. The van der Waals surface area contributed by atoms with Gasteiger partial charge in [-0.3, -0.25) is 0 Å². The predicted octanol–water partition coefficient (Wildman–Crippen LogP) is 4.08. The van der Waals surface area contributed by atoms with Gasteiger partial charge in [-0.05, 0) is 47.2 Å². The average molecular weight is 281 g/mol. The standard InChI is InChI=1S/C19H23NO/c1-3-19(2,13-21)12-20-16-8-9-18-15(11-16)10-14-6-4-5-7-17(14)18/h4-9,11,20-21H,3,10,12-13H2,1-2H3. The van der Waals surface area contributed by atoms with Crippen molar-refractivity contribution in [2.45, 2.75) is 26.7 Å². The first kappa shape index (κ1) is 14.2. The molecule has 0 aliphatic heterocycles. The number of benzene rings is 2. The molecule has 0 saturated carbocycles. The van der Waals surface area contributed by atoms with Crippen LogP contribution in [0.2, 0.25) is 0 Å².